The SMILES string of the molecule is Oc1ccc(SF)cc1SF. The molecule has 1 aromatic rings. The van der Waals surface area contributed by atoms with E-state index in [1.54, 1.807) is 0 Å². The summed E-state index contributed by atoms with van der Waals surface area (Å²) >= 11 is -0.0891. The Morgan fingerprint density at radius 3 is 2.45 bits per heavy atom. The Morgan fingerprint density at radius 1 is 1.18 bits per heavy atom. The van der Waals surface area contributed by atoms with Gasteiger partial charge >= 0.3 is 0 Å². The van der Waals surface area contributed by atoms with Crippen LogP contribution in [0.2, 0.25) is 0 Å². The summed E-state index contributed by atoms with van der Waals surface area (Å²) in [7, 11) is 0. The number of phenolic OH excluding ortho intramolecular Hbond substituents is 1. The topological polar surface area (TPSA) is 20.2 Å². The number of phenols is 1. The van der Waals surface area contributed by atoms with E-state index in [-0.39, 0.29) is 39.8 Å². The van der Waals surface area contributed by atoms with Crippen molar-refractivity contribution < 1.29 is 12.9 Å². The fourth-order valence-corrected chi connectivity index (χ4v) is 1.28. The van der Waals surface area contributed by atoms with Gasteiger partial charge in [-0.15, -0.1) is 0 Å². The molecule has 0 atom stereocenters. The smallest absolute Gasteiger partial charge is 0.131 e. The maximum atomic E-state index is 11.9. The third-order valence-corrected chi connectivity index (χ3v) is 2.03. The molecule has 0 fully saturated rings. The lowest BCUT2D eigenvalue weighted by atomic mass is 10.3. The molecule has 0 aliphatic carbocycles. The number of hydrogen-bond donors (Lipinski definition) is 1. The molecule has 0 aliphatic heterocycles. The van der Waals surface area contributed by atoms with Gasteiger partial charge in [0, 0.05) is 4.90 Å². The standard InChI is InChI=1S/C6H4F2OS2/c7-10-4-1-2-5(9)6(3-4)11-8/h1-3,9H. The van der Waals surface area contributed by atoms with E-state index in [9.17, 15) is 7.77 Å². The lowest BCUT2D eigenvalue weighted by Crippen LogP contribution is -1.72. The summed E-state index contributed by atoms with van der Waals surface area (Å²) < 4.78 is 23.8. The lowest BCUT2D eigenvalue weighted by Gasteiger charge is -1.98. The molecule has 0 unspecified atom stereocenters. The summed E-state index contributed by atoms with van der Waals surface area (Å²) in [5.74, 6) is -0.171. The number of benzene rings is 1. The van der Waals surface area contributed by atoms with E-state index in [0.29, 0.717) is 0 Å². The first kappa shape index (κ1) is 8.67. The van der Waals surface area contributed by atoms with Crippen molar-refractivity contribution in [3.05, 3.63) is 18.2 Å². The van der Waals surface area contributed by atoms with Crippen LogP contribution in [0.5, 0.6) is 5.75 Å². The van der Waals surface area contributed by atoms with Crippen molar-refractivity contribution in [3.8, 4) is 5.75 Å². The van der Waals surface area contributed by atoms with Crippen molar-refractivity contribution in [2.75, 3.05) is 0 Å². The zero-order valence-corrected chi connectivity index (χ0v) is 6.88. The molecule has 1 aromatic carbocycles. The lowest BCUT2D eigenvalue weighted by molar-refractivity contribution is 0.461. The van der Waals surface area contributed by atoms with Gasteiger partial charge in [-0.1, -0.05) is 0 Å². The van der Waals surface area contributed by atoms with E-state index in [1.807, 2.05) is 0 Å². The fraction of sp³-hybridized carbons (Fsp3) is 0. The molecular weight excluding hydrogens is 190 g/mol. The maximum Gasteiger partial charge on any atom is 0.131 e. The van der Waals surface area contributed by atoms with Gasteiger partial charge in [-0.25, -0.2) is 0 Å². The van der Waals surface area contributed by atoms with Crippen LogP contribution in [0, 0.1) is 0 Å². The molecule has 1 rings (SSSR count). The zero-order chi connectivity index (χ0) is 8.27. The minimum absolute atomic E-state index is 0.0159. The molecule has 0 aliphatic rings. The summed E-state index contributed by atoms with van der Waals surface area (Å²) in [6, 6.07) is 3.87. The maximum absolute atomic E-state index is 11.9. The van der Waals surface area contributed by atoms with Gasteiger partial charge in [0.15, 0.2) is 0 Å². The van der Waals surface area contributed by atoms with Crippen LogP contribution in [0.25, 0.3) is 0 Å². The predicted octanol–water partition coefficient (Wildman–Crippen LogP) is 3.35. The molecule has 0 spiro atoms. The zero-order valence-electron chi connectivity index (χ0n) is 5.25. The van der Waals surface area contributed by atoms with Gasteiger partial charge < -0.3 is 5.11 Å². The Morgan fingerprint density at radius 2 is 1.91 bits per heavy atom. The molecule has 1 N–H and O–H groups in total. The highest BCUT2D eigenvalue weighted by molar-refractivity contribution is 7.95. The van der Waals surface area contributed by atoms with Gasteiger partial charge in [-0.05, 0) is 18.2 Å². The third-order valence-electron chi connectivity index (χ3n) is 1.10. The summed E-state index contributed by atoms with van der Waals surface area (Å²) in [6.07, 6.45) is 0. The number of hydrogen-bond acceptors (Lipinski definition) is 3. The average Bonchev–Trinajstić information content (AvgIpc) is 2.05. The predicted molar refractivity (Wildman–Crippen MR) is 42.0 cm³/mol. The van der Waals surface area contributed by atoms with Gasteiger partial charge in [0.25, 0.3) is 0 Å². The Labute approximate surface area is 71.4 Å². The number of rotatable bonds is 2. The minimum atomic E-state index is -0.171. The van der Waals surface area contributed by atoms with Crippen molar-refractivity contribution >= 4 is 24.3 Å². The Bertz CT molecular complexity index is 254. The van der Waals surface area contributed by atoms with Crippen LogP contribution in [0.15, 0.2) is 28.0 Å². The second-order valence-corrected chi connectivity index (χ2v) is 3.00. The van der Waals surface area contributed by atoms with Gasteiger partial charge in [0.05, 0.1) is 29.2 Å². The molecule has 0 heterocycles. The van der Waals surface area contributed by atoms with Gasteiger partial charge in [0.1, 0.15) is 5.75 Å². The van der Waals surface area contributed by atoms with Crippen LogP contribution in [0.1, 0.15) is 0 Å². The summed E-state index contributed by atoms with van der Waals surface area (Å²) in [5, 5.41) is 8.94. The molecule has 1 nitrogen and oxygen atoms in total. The molecule has 0 saturated heterocycles. The number of aromatic hydroxyl groups is 1. The van der Waals surface area contributed by atoms with Crippen LogP contribution >= 0.6 is 24.3 Å². The minimum Gasteiger partial charge on any atom is -0.507 e. The largest absolute Gasteiger partial charge is 0.507 e. The first-order chi connectivity index (χ1) is 5.27. The van der Waals surface area contributed by atoms with Crippen LogP contribution < -0.4 is 0 Å². The Hall–Kier alpha value is -0.420. The molecule has 0 bridgehead atoms. The van der Waals surface area contributed by atoms with Gasteiger partial charge in [-0.2, -0.15) is 7.77 Å². The Balaban J connectivity index is 3.02. The highest BCUT2D eigenvalue weighted by atomic mass is 32.2. The second-order valence-electron chi connectivity index (χ2n) is 1.78. The van der Waals surface area contributed by atoms with Crippen molar-refractivity contribution in [2.45, 2.75) is 9.79 Å². The molecule has 0 amide bonds. The van der Waals surface area contributed by atoms with E-state index in [4.69, 9.17) is 5.11 Å². The first-order valence-corrected chi connectivity index (χ1v) is 4.11. The highest BCUT2D eigenvalue weighted by Gasteiger charge is 2.03. The van der Waals surface area contributed by atoms with Crippen molar-refractivity contribution in [3.63, 3.8) is 0 Å². The molecular formula is C6H4F2OS2. The van der Waals surface area contributed by atoms with Gasteiger partial charge in [-0.3, -0.25) is 0 Å². The number of halogens is 2. The van der Waals surface area contributed by atoms with Crippen molar-refractivity contribution in [1.29, 1.82) is 0 Å². The molecule has 5 heteroatoms. The van der Waals surface area contributed by atoms with Crippen LogP contribution in [-0.4, -0.2) is 5.11 Å². The average molecular weight is 194 g/mol. The summed E-state index contributed by atoms with van der Waals surface area (Å²) in [4.78, 5) is 0.315. The highest BCUT2D eigenvalue weighted by Crippen LogP contribution is 2.33. The van der Waals surface area contributed by atoms with Crippen molar-refractivity contribution in [2.24, 2.45) is 0 Å². The van der Waals surface area contributed by atoms with Crippen molar-refractivity contribution in [1.82, 2.24) is 0 Å². The van der Waals surface area contributed by atoms with E-state index >= 15 is 0 Å². The first-order valence-electron chi connectivity index (χ1n) is 2.68. The van der Waals surface area contributed by atoms with Crippen LogP contribution in [0.3, 0.4) is 0 Å². The van der Waals surface area contributed by atoms with Gasteiger partial charge in [0.2, 0.25) is 0 Å². The molecule has 60 valence electrons. The second kappa shape index (κ2) is 3.82. The molecule has 0 saturated carbocycles. The third kappa shape index (κ3) is 2.00. The van der Waals surface area contributed by atoms with Crippen LogP contribution in [0.4, 0.5) is 7.77 Å². The van der Waals surface area contributed by atoms with E-state index in [1.165, 1.54) is 18.2 Å². The quantitative estimate of drug-likeness (QED) is 0.779. The molecule has 0 aromatic heterocycles. The van der Waals surface area contributed by atoms with E-state index < -0.39 is 0 Å². The monoisotopic (exact) mass is 194 g/mol. The summed E-state index contributed by atoms with van der Waals surface area (Å²) in [6.45, 7) is 0. The molecule has 11 heavy (non-hydrogen) atoms. The van der Waals surface area contributed by atoms with E-state index in [0.717, 1.165) is 0 Å². The molecule has 0 radical (unpaired) electrons. The normalized spacial score (nSPS) is 10.0. The van der Waals surface area contributed by atoms with Crippen LogP contribution in [-0.2, 0) is 0 Å². The summed E-state index contributed by atoms with van der Waals surface area (Å²) in [5.41, 5.74) is 0. The fourth-order valence-electron chi connectivity index (χ4n) is 0.604. The Kier molecular flexibility index (Phi) is 3.02. The van der Waals surface area contributed by atoms with E-state index in [2.05, 4.69) is 0 Å².